The van der Waals surface area contributed by atoms with Crippen molar-refractivity contribution in [3.63, 3.8) is 0 Å². The smallest absolute Gasteiger partial charge is 0.139 e. The van der Waals surface area contributed by atoms with E-state index < -0.39 is 0 Å². The summed E-state index contributed by atoms with van der Waals surface area (Å²) in [5.41, 5.74) is 2.35. The lowest BCUT2D eigenvalue weighted by Crippen LogP contribution is -2.03. The molecule has 0 radical (unpaired) electrons. The topological polar surface area (TPSA) is 30.0 Å². The third-order valence-electron chi connectivity index (χ3n) is 3.19. The van der Waals surface area contributed by atoms with Gasteiger partial charge in [0.25, 0.3) is 0 Å². The van der Waals surface area contributed by atoms with Gasteiger partial charge in [0.15, 0.2) is 0 Å². The summed E-state index contributed by atoms with van der Waals surface area (Å²) in [7, 11) is 0. The zero-order valence-electron chi connectivity index (χ0n) is 11.5. The van der Waals surface area contributed by atoms with Crippen molar-refractivity contribution in [2.24, 2.45) is 0 Å². The van der Waals surface area contributed by atoms with Crippen molar-refractivity contribution in [1.29, 1.82) is 0 Å². The molecule has 1 aromatic carbocycles. The summed E-state index contributed by atoms with van der Waals surface area (Å²) in [6, 6.07) is 10.3. The van der Waals surface area contributed by atoms with Crippen LogP contribution in [0.4, 0.5) is 0 Å². The fraction of sp³-hybridized carbons (Fsp3) is 0.375. The predicted molar refractivity (Wildman–Crippen MR) is 79.7 cm³/mol. The Morgan fingerprint density at radius 3 is 2.58 bits per heavy atom. The standard InChI is InChI=1S/C16H19NOS/c1-12-13(2)19-16(17-12)11-15(18)10-6-9-14-7-4-3-5-8-14/h3-5,7-8H,6,9-11H2,1-2H3. The van der Waals surface area contributed by atoms with Crippen molar-refractivity contribution in [3.8, 4) is 0 Å². The fourth-order valence-corrected chi connectivity index (χ4v) is 2.97. The Kier molecular flexibility index (Phi) is 4.86. The van der Waals surface area contributed by atoms with E-state index in [0.717, 1.165) is 23.5 Å². The highest BCUT2D eigenvalue weighted by Gasteiger charge is 2.09. The number of carbonyl (C=O) groups is 1. The van der Waals surface area contributed by atoms with Gasteiger partial charge in [0.1, 0.15) is 10.8 Å². The molecule has 0 unspecified atom stereocenters. The molecule has 0 saturated heterocycles. The number of rotatable bonds is 6. The Morgan fingerprint density at radius 2 is 1.95 bits per heavy atom. The molecule has 0 saturated carbocycles. The molecule has 1 heterocycles. The number of thiazole rings is 1. The van der Waals surface area contributed by atoms with Crippen LogP contribution < -0.4 is 0 Å². The second kappa shape index (κ2) is 6.62. The summed E-state index contributed by atoms with van der Waals surface area (Å²) in [5, 5.41) is 0.958. The number of aryl methyl sites for hydroxylation is 3. The SMILES string of the molecule is Cc1nc(CC(=O)CCCc2ccccc2)sc1C. The van der Waals surface area contributed by atoms with Crippen LogP contribution in [0.25, 0.3) is 0 Å². The van der Waals surface area contributed by atoms with E-state index in [-0.39, 0.29) is 0 Å². The zero-order chi connectivity index (χ0) is 13.7. The van der Waals surface area contributed by atoms with E-state index in [4.69, 9.17) is 0 Å². The van der Waals surface area contributed by atoms with Crippen molar-refractivity contribution in [2.75, 3.05) is 0 Å². The largest absolute Gasteiger partial charge is 0.299 e. The van der Waals surface area contributed by atoms with E-state index in [1.165, 1.54) is 10.4 Å². The molecule has 0 aliphatic rings. The van der Waals surface area contributed by atoms with Crippen LogP contribution in [-0.2, 0) is 17.6 Å². The summed E-state index contributed by atoms with van der Waals surface area (Å²) < 4.78 is 0. The Hall–Kier alpha value is -1.48. The number of hydrogen-bond donors (Lipinski definition) is 0. The van der Waals surface area contributed by atoms with E-state index in [0.29, 0.717) is 18.6 Å². The van der Waals surface area contributed by atoms with Crippen molar-refractivity contribution >= 4 is 17.1 Å². The van der Waals surface area contributed by atoms with Crippen LogP contribution in [0.3, 0.4) is 0 Å². The highest BCUT2D eigenvalue weighted by atomic mass is 32.1. The first-order chi connectivity index (χ1) is 9.15. The van der Waals surface area contributed by atoms with Gasteiger partial charge in [0.05, 0.1) is 12.1 Å². The highest BCUT2D eigenvalue weighted by Crippen LogP contribution is 2.17. The van der Waals surface area contributed by atoms with Crippen LogP contribution in [0.2, 0.25) is 0 Å². The van der Waals surface area contributed by atoms with E-state index in [1.807, 2.05) is 25.1 Å². The fourth-order valence-electron chi connectivity index (χ4n) is 2.01. The van der Waals surface area contributed by atoms with Crippen LogP contribution in [0.15, 0.2) is 30.3 Å². The average Bonchev–Trinajstić information content (AvgIpc) is 2.69. The maximum Gasteiger partial charge on any atom is 0.139 e. The third-order valence-corrected chi connectivity index (χ3v) is 4.26. The lowest BCUT2D eigenvalue weighted by molar-refractivity contribution is -0.118. The lowest BCUT2D eigenvalue weighted by atomic mass is 10.1. The van der Waals surface area contributed by atoms with Gasteiger partial charge in [-0.05, 0) is 32.3 Å². The van der Waals surface area contributed by atoms with Gasteiger partial charge >= 0.3 is 0 Å². The van der Waals surface area contributed by atoms with Crippen LogP contribution in [0.1, 0.15) is 34.0 Å². The molecule has 0 atom stereocenters. The van der Waals surface area contributed by atoms with Crippen molar-refractivity contribution in [1.82, 2.24) is 4.98 Å². The molecule has 2 nitrogen and oxygen atoms in total. The van der Waals surface area contributed by atoms with Crippen molar-refractivity contribution in [3.05, 3.63) is 51.5 Å². The minimum Gasteiger partial charge on any atom is -0.299 e. The lowest BCUT2D eigenvalue weighted by Gasteiger charge is -2.00. The quantitative estimate of drug-likeness (QED) is 0.799. The van der Waals surface area contributed by atoms with Crippen molar-refractivity contribution < 1.29 is 4.79 Å². The van der Waals surface area contributed by atoms with E-state index in [2.05, 4.69) is 24.0 Å². The van der Waals surface area contributed by atoms with Crippen molar-refractivity contribution in [2.45, 2.75) is 39.5 Å². The predicted octanol–water partition coefficient (Wildman–Crippen LogP) is 3.89. The average molecular weight is 273 g/mol. The number of nitrogens with zero attached hydrogens (tertiary/aromatic N) is 1. The molecule has 0 bridgehead atoms. The zero-order valence-corrected chi connectivity index (χ0v) is 12.3. The molecule has 3 heteroatoms. The summed E-state index contributed by atoms with van der Waals surface area (Å²) in [6.07, 6.45) is 3.04. The van der Waals surface area contributed by atoms with Crippen LogP contribution in [0.5, 0.6) is 0 Å². The molecular weight excluding hydrogens is 254 g/mol. The number of hydrogen-bond acceptors (Lipinski definition) is 3. The number of carbonyl (C=O) groups excluding carboxylic acids is 1. The highest BCUT2D eigenvalue weighted by molar-refractivity contribution is 7.11. The molecule has 0 amide bonds. The molecule has 0 aliphatic carbocycles. The summed E-state index contributed by atoms with van der Waals surface area (Å²) in [6.45, 7) is 4.05. The minimum atomic E-state index is 0.296. The normalized spacial score (nSPS) is 10.6. The molecule has 0 fully saturated rings. The molecule has 19 heavy (non-hydrogen) atoms. The Morgan fingerprint density at radius 1 is 1.21 bits per heavy atom. The van der Waals surface area contributed by atoms with Gasteiger partial charge in [-0.2, -0.15) is 0 Å². The van der Waals surface area contributed by atoms with Gasteiger partial charge in [0, 0.05) is 11.3 Å². The third kappa shape index (κ3) is 4.28. The van der Waals surface area contributed by atoms with Gasteiger partial charge in [-0.15, -0.1) is 11.3 Å². The number of ketones is 1. The van der Waals surface area contributed by atoms with Gasteiger partial charge in [-0.3, -0.25) is 4.79 Å². The molecule has 0 N–H and O–H groups in total. The van der Waals surface area contributed by atoms with E-state index in [9.17, 15) is 4.79 Å². The molecule has 100 valence electrons. The molecule has 2 rings (SSSR count). The number of aromatic nitrogens is 1. The number of Topliss-reactive ketones (excluding diaryl/α,β-unsaturated/α-hetero) is 1. The monoisotopic (exact) mass is 273 g/mol. The van der Waals surface area contributed by atoms with E-state index in [1.54, 1.807) is 11.3 Å². The van der Waals surface area contributed by atoms with E-state index >= 15 is 0 Å². The van der Waals surface area contributed by atoms with Crippen LogP contribution in [-0.4, -0.2) is 10.8 Å². The molecular formula is C16H19NOS. The maximum absolute atomic E-state index is 11.9. The van der Waals surface area contributed by atoms with Gasteiger partial charge in [-0.1, -0.05) is 30.3 Å². The summed E-state index contributed by atoms with van der Waals surface area (Å²) in [5.74, 6) is 0.296. The number of benzene rings is 1. The van der Waals surface area contributed by atoms with Crippen LogP contribution in [0, 0.1) is 13.8 Å². The first-order valence-corrected chi connectivity index (χ1v) is 7.45. The van der Waals surface area contributed by atoms with Gasteiger partial charge in [0.2, 0.25) is 0 Å². The second-order valence-electron chi connectivity index (χ2n) is 4.80. The summed E-state index contributed by atoms with van der Waals surface area (Å²) >= 11 is 1.64. The molecule has 2 aromatic rings. The Labute approximate surface area is 118 Å². The Balaban J connectivity index is 1.76. The first-order valence-electron chi connectivity index (χ1n) is 6.63. The minimum absolute atomic E-state index is 0.296. The molecule has 1 aromatic heterocycles. The first kappa shape index (κ1) is 13.9. The van der Waals surface area contributed by atoms with Gasteiger partial charge in [-0.25, -0.2) is 4.98 Å². The molecule has 0 spiro atoms. The van der Waals surface area contributed by atoms with Crippen LogP contribution >= 0.6 is 11.3 Å². The Bertz CT molecular complexity index is 526. The van der Waals surface area contributed by atoms with Gasteiger partial charge < -0.3 is 0 Å². The summed E-state index contributed by atoms with van der Waals surface area (Å²) in [4.78, 5) is 17.5. The second-order valence-corrected chi connectivity index (χ2v) is 6.09. The maximum atomic E-state index is 11.9. The molecule has 0 aliphatic heterocycles.